The van der Waals surface area contributed by atoms with Crippen molar-refractivity contribution in [2.75, 3.05) is 26.8 Å². The number of nitrogens with zero attached hydrogens (tertiary/aromatic N) is 2. The van der Waals surface area contributed by atoms with Gasteiger partial charge in [-0.2, -0.15) is 5.10 Å². The molecule has 0 unspecified atom stereocenters. The highest BCUT2D eigenvalue weighted by Crippen LogP contribution is 2.21. The van der Waals surface area contributed by atoms with Gasteiger partial charge in [0.25, 0.3) is 5.91 Å². The summed E-state index contributed by atoms with van der Waals surface area (Å²) in [5.74, 6) is -0.340. The van der Waals surface area contributed by atoms with Crippen LogP contribution in [0.15, 0.2) is 40.0 Å². The molecule has 0 atom stereocenters. The molecule has 2 N–H and O–H groups in total. The minimum absolute atomic E-state index is 0.0268. The quantitative estimate of drug-likeness (QED) is 0.527. The first kappa shape index (κ1) is 21.5. The molecule has 0 saturated heterocycles. The summed E-state index contributed by atoms with van der Waals surface area (Å²) < 4.78 is 34.2. The molecule has 0 bridgehead atoms. The molecule has 2 aromatic rings. The number of nitrogens with one attached hydrogen (secondary N) is 2. The average molecular weight is 459 g/mol. The first-order chi connectivity index (χ1) is 12.8. The summed E-state index contributed by atoms with van der Waals surface area (Å²) in [6.07, 6.45) is 4.42. The van der Waals surface area contributed by atoms with Gasteiger partial charge in [0.2, 0.25) is 10.0 Å². The molecule has 0 aliphatic rings. The van der Waals surface area contributed by atoms with E-state index < -0.39 is 10.0 Å². The van der Waals surface area contributed by atoms with E-state index in [2.05, 4.69) is 31.1 Å². The van der Waals surface area contributed by atoms with Crippen LogP contribution in [0.2, 0.25) is 0 Å². The lowest BCUT2D eigenvalue weighted by Gasteiger charge is -2.10. The molecule has 0 radical (unpaired) electrons. The van der Waals surface area contributed by atoms with Crippen molar-refractivity contribution < 1.29 is 17.9 Å². The summed E-state index contributed by atoms with van der Waals surface area (Å²) in [7, 11) is -2.22. The van der Waals surface area contributed by atoms with Crippen LogP contribution >= 0.6 is 15.9 Å². The summed E-state index contributed by atoms with van der Waals surface area (Å²) >= 11 is 3.30. The van der Waals surface area contributed by atoms with Gasteiger partial charge in [-0.05, 0) is 53.0 Å². The number of sulfonamides is 1. The maximum absolute atomic E-state index is 12.4. The SMILES string of the molecule is COCCNS(=O)(=O)c1ccc(Br)c(C(=O)NCCCn2cc(C)cn2)c1. The number of methoxy groups -OCH3 is 1. The molecular formula is C17H23BrN4O4S. The predicted octanol–water partition coefficient (Wildman–Crippen LogP) is 1.70. The smallest absolute Gasteiger partial charge is 0.252 e. The summed E-state index contributed by atoms with van der Waals surface area (Å²) in [4.78, 5) is 12.4. The molecule has 1 aromatic carbocycles. The number of aromatic nitrogens is 2. The number of rotatable bonds is 10. The Labute approximate surface area is 167 Å². The molecule has 0 saturated carbocycles. The van der Waals surface area contributed by atoms with E-state index in [1.807, 2.05) is 17.8 Å². The van der Waals surface area contributed by atoms with Crippen LogP contribution in [0.5, 0.6) is 0 Å². The number of carbonyl (C=O) groups is 1. The Bertz CT molecular complexity index is 883. The molecule has 0 fully saturated rings. The van der Waals surface area contributed by atoms with Gasteiger partial charge < -0.3 is 10.1 Å². The van der Waals surface area contributed by atoms with Crippen LogP contribution in [0.25, 0.3) is 0 Å². The van der Waals surface area contributed by atoms with Crippen molar-refractivity contribution in [3.05, 3.63) is 46.2 Å². The highest BCUT2D eigenvalue weighted by Gasteiger charge is 2.18. The number of carbonyl (C=O) groups excluding carboxylic acids is 1. The van der Waals surface area contributed by atoms with E-state index >= 15 is 0 Å². The van der Waals surface area contributed by atoms with E-state index in [0.29, 0.717) is 24.0 Å². The third kappa shape index (κ3) is 6.42. The fourth-order valence-electron chi connectivity index (χ4n) is 2.33. The van der Waals surface area contributed by atoms with Crippen LogP contribution in [-0.2, 0) is 21.3 Å². The zero-order chi connectivity index (χ0) is 19.9. The van der Waals surface area contributed by atoms with Crippen LogP contribution in [-0.4, -0.2) is 50.9 Å². The molecule has 8 nitrogen and oxygen atoms in total. The number of benzene rings is 1. The third-order valence-electron chi connectivity index (χ3n) is 3.70. The van der Waals surface area contributed by atoms with Crippen LogP contribution in [0.3, 0.4) is 0 Å². The summed E-state index contributed by atoms with van der Waals surface area (Å²) in [5, 5.41) is 6.99. The lowest BCUT2D eigenvalue weighted by Crippen LogP contribution is -2.28. The first-order valence-electron chi connectivity index (χ1n) is 8.39. The topological polar surface area (TPSA) is 102 Å². The van der Waals surface area contributed by atoms with Gasteiger partial charge in [-0.1, -0.05) is 0 Å². The fraction of sp³-hybridized carbons (Fsp3) is 0.412. The Morgan fingerprint density at radius 2 is 2.11 bits per heavy atom. The Morgan fingerprint density at radius 3 is 2.78 bits per heavy atom. The Morgan fingerprint density at radius 1 is 1.33 bits per heavy atom. The largest absolute Gasteiger partial charge is 0.383 e. The standard InChI is InChI=1S/C17H23BrN4O4S/c1-13-11-20-22(12-13)8-3-6-19-17(23)15-10-14(4-5-16(15)18)27(24,25)21-7-9-26-2/h4-5,10-12,21H,3,6-9H2,1-2H3,(H,19,23). The highest BCUT2D eigenvalue weighted by atomic mass is 79.9. The molecule has 10 heteroatoms. The Balaban J connectivity index is 1.96. The van der Waals surface area contributed by atoms with Gasteiger partial charge in [-0.3, -0.25) is 9.48 Å². The van der Waals surface area contributed by atoms with Gasteiger partial charge in [0.15, 0.2) is 0 Å². The Kier molecular flexibility index (Phi) is 7.96. The zero-order valence-corrected chi connectivity index (χ0v) is 17.6. The molecule has 0 aliphatic heterocycles. The summed E-state index contributed by atoms with van der Waals surface area (Å²) in [6, 6.07) is 4.34. The molecule has 1 amide bonds. The van der Waals surface area contributed by atoms with Crippen molar-refractivity contribution in [1.82, 2.24) is 19.8 Å². The number of aryl methyl sites for hydroxylation is 2. The van der Waals surface area contributed by atoms with Crippen molar-refractivity contribution in [1.29, 1.82) is 0 Å². The summed E-state index contributed by atoms with van der Waals surface area (Å²) in [5.41, 5.74) is 1.35. The zero-order valence-electron chi connectivity index (χ0n) is 15.2. The van der Waals surface area contributed by atoms with E-state index in [4.69, 9.17) is 4.74 Å². The number of ether oxygens (including phenoxy) is 1. The fourth-order valence-corrected chi connectivity index (χ4v) is 3.80. The maximum atomic E-state index is 12.4. The highest BCUT2D eigenvalue weighted by molar-refractivity contribution is 9.10. The molecule has 1 aromatic heterocycles. The van der Waals surface area contributed by atoms with Crippen molar-refractivity contribution in [2.24, 2.45) is 0 Å². The monoisotopic (exact) mass is 458 g/mol. The molecule has 148 valence electrons. The van der Waals surface area contributed by atoms with Crippen LogP contribution < -0.4 is 10.0 Å². The lowest BCUT2D eigenvalue weighted by molar-refractivity contribution is 0.0951. The van der Waals surface area contributed by atoms with E-state index in [9.17, 15) is 13.2 Å². The van der Waals surface area contributed by atoms with Gasteiger partial charge in [0.1, 0.15) is 0 Å². The van der Waals surface area contributed by atoms with Gasteiger partial charge in [0.05, 0.1) is 23.3 Å². The molecule has 1 heterocycles. The minimum atomic E-state index is -3.71. The minimum Gasteiger partial charge on any atom is -0.383 e. The van der Waals surface area contributed by atoms with Gasteiger partial charge in [-0.25, -0.2) is 13.1 Å². The van der Waals surface area contributed by atoms with Crippen LogP contribution in [0, 0.1) is 6.92 Å². The van der Waals surface area contributed by atoms with Crippen molar-refractivity contribution in [3.8, 4) is 0 Å². The second-order valence-corrected chi connectivity index (χ2v) is 8.54. The number of halogens is 1. The molecule has 2 rings (SSSR count). The lowest BCUT2D eigenvalue weighted by atomic mass is 10.2. The first-order valence-corrected chi connectivity index (χ1v) is 10.7. The van der Waals surface area contributed by atoms with Crippen LogP contribution in [0.4, 0.5) is 0 Å². The molecule has 0 spiro atoms. The van der Waals surface area contributed by atoms with Gasteiger partial charge in [-0.15, -0.1) is 0 Å². The van der Waals surface area contributed by atoms with Crippen molar-refractivity contribution in [3.63, 3.8) is 0 Å². The van der Waals surface area contributed by atoms with Gasteiger partial charge in [0, 0.05) is 37.4 Å². The predicted molar refractivity (Wildman–Crippen MR) is 105 cm³/mol. The van der Waals surface area contributed by atoms with Gasteiger partial charge >= 0.3 is 0 Å². The second-order valence-electron chi connectivity index (χ2n) is 5.92. The van der Waals surface area contributed by atoms with Crippen LogP contribution in [0.1, 0.15) is 22.3 Å². The van der Waals surface area contributed by atoms with E-state index in [-0.39, 0.29) is 29.5 Å². The Hall–Kier alpha value is -1.75. The molecule has 27 heavy (non-hydrogen) atoms. The number of hydrogen-bond acceptors (Lipinski definition) is 5. The van der Waals surface area contributed by atoms with Crippen molar-refractivity contribution >= 4 is 31.9 Å². The number of hydrogen-bond donors (Lipinski definition) is 2. The maximum Gasteiger partial charge on any atom is 0.252 e. The van der Waals surface area contributed by atoms with E-state index in [1.165, 1.54) is 19.2 Å². The molecule has 0 aliphatic carbocycles. The third-order valence-corrected chi connectivity index (χ3v) is 5.85. The summed E-state index contributed by atoms with van der Waals surface area (Å²) in [6.45, 7) is 3.52. The van der Waals surface area contributed by atoms with E-state index in [0.717, 1.165) is 5.56 Å². The average Bonchev–Trinajstić information content (AvgIpc) is 3.04. The van der Waals surface area contributed by atoms with E-state index in [1.54, 1.807) is 12.3 Å². The normalized spacial score (nSPS) is 11.5. The van der Waals surface area contributed by atoms with Crippen molar-refractivity contribution in [2.45, 2.75) is 24.8 Å². The molecular weight excluding hydrogens is 436 g/mol. The second kappa shape index (κ2) is 9.98. The number of amides is 1.